The van der Waals surface area contributed by atoms with Gasteiger partial charge in [-0.1, -0.05) is 43.6 Å². The first kappa shape index (κ1) is 20.0. The van der Waals surface area contributed by atoms with Gasteiger partial charge in [-0.15, -0.1) is 0 Å². The third-order valence-corrected chi connectivity index (χ3v) is 7.65. The molecule has 0 bridgehead atoms. The molecule has 30 heavy (non-hydrogen) atoms. The van der Waals surface area contributed by atoms with Crippen molar-refractivity contribution in [3.63, 3.8) is 0 Å². The van der Waals surface area contributed by atoms with Crippen LogP contribution in [0.1, 0.15) is 49.4 Å². The molecule has 0 saturated carbocycles. The molecule has 4 heterocycles. The second-order valence-electron chi connectivity index (χ2n) is 8.91. The van der Waals surface area contributed by atoms with Gasteiger partial charge in [0, 0.05) is 18.5 Å². The van der Waals surface area contributed by atoms with Crippen LogP contribution in [0.2, 0.25) is 5.15 Å². The number of hydrogen-bond acceptors (Lipinski definition) is 5. The largest absolute Gasteiger partial charge is 0.362 e. The predicted octanol–water partition coefficient (Wildman–Crippen LogP) is 4.72. The molecule has 0 N–H and O–H groups in total. The average molecular weight is 442 g/mol. The van der Waals surface area contributed by atoms with Gasteiger partial charge in [-0.05, 0) is 53.3 Å². The third kappa shape index (κ3) is 3.17. The molecule has 7 heteroatoms. The van der Waals surface area contributed by atoms with Crippen LogP contribution in [0, 0.1) is 5.92 Å². The van der Waals surface area contributed by atoms with Gasteiger partial charge in [0.25, 0.3) is 0 Å². The zero-order chi connectivity index (χ0) is 21.1. The maximum atomic E-state index is 12.2. The van der Waals surface area contributed by atoms with Gasteiger partial charge in [0.1, 0.15) is 10.8 Å². The van der Waals surface area contributed by atoms with E-state index < -0.39 is 0 Å². The quantitative estimate of drug-likeness (QED) is 0.511. The molecule has 1 saturated heterocycles. The topological polar surface area (TPSA) is 54.8 Å². The molecule has 1 aromatic heterocycles. The lowest BCUT2D eigenvalue weighted by Gasteiger charge is -2.48. The van der Waals surface area contributed by atoms with Gasteiger partial charge in [-0.3, -0.25) is 4.79 Å². The number of carbonyl (C=O) groups excluding carboxylic acids is 1. The van der Waals surface area contributed by atoms with Crippen molar-refractivity contribution in [1.29, 1.82) is 0 Å². The number of fused-ring (bicyclic) bond motifs is 2. The number of carbonyl (C=O) groups is 1. The van der Waals surface area contributed by atoms with Gasteiger partial charge in [0.2, 0.25) is 5.91 Å². The van der Waals surface area contributed by atoms with E-state index in [9.17, 15) is 4.79 Å². The normalized spacial score (nSPS) is 24.2. The van der Waals surface area contributed by atoms with Crippen molar-refractivity contribution in [3.8, 4) is 0 Å². The Morgan fingerprint density at radius 1 is 1.27 bits per heavy atom. The van der Waals surface area contributed by atoms with Crippen LogP contribution in [0.3, 0.4) is 0 Å². The molecule has 5 rings (SSSR count). The summed E-state index contributed by atoms with van der Waals surface area (Å²) in [5.41, 5.74) is 5.46. The Morgan fingerprint density at radius 2 is 2.07 bits per heavy atom. The van der Waals surface area contributed by atoms with E-state index in [4.69, 9.17) is 20.7 Å². The predicted molar refractivity (Wildman–Crippen MR) is 120 cm³/mol. The molecule has 5 nitrogen and oxygen atoms in total. The van der Waals surface area contributed by atoms with Crippen LogP contribution in [0.25, 0.3) is 0 Å². The van der Waals surface area contributed by atoms with Crippen molar-refractivity contribution in [2.24, 2.45) is 10.3 Å². The van der Waals surface area contributed by atoms with Crippen molar-refractivity contribution in [3.05, 3.63) is 63.9 Å². The highest BCUT2D eigenvalue weighted by molar-refractivity contribution is 7.99. The molecule has 2 aromatic rings. The number of rotatable bonds is 3. The minimum Gasteiger partial charge on any atom is -0.362 e. The number of pyridine rings is 1. The van der Waals surface area contributed by atoms with Gasteiger partial charge >= 0.3 is 0 Å². The standard InChI is InChI=1S/C23H24ClN3O2S/c1-14(2)21(28)27-12-23(13-27)18-6-4-15(8-16(18)11-29-23)19-9-22(3,30-26-19)17-5-7-20(24)25-10-17/h4-8,10,14H,9,11-13H2,1-3H3. The summed E-state index contributed by atoms with van der Waals surface area (Å²) in [6.45, 7) is 7.96. The number of likely N-dealkylation sites (tertiary alicyclic amines) is 1. The lowest BCUT2D eigenvalue weighted by molar-refractivity contribution is -0.171. The molecule has 1 fully saturated rings. The Kier molecular flexibility index (Phi) is 4.73. The Balaban J connectivity index is 1.33. The highest BCUT2D eigenvalue weighted by atomic mass is 35.5. The van der Waals surface area contributed by atoms with E-state index in [1.807, 2.05) is 37.1 Å². The van der Waals surface area contributed by atoms with E-state index in [0.29, 0.717) is 24.8 Å². The second kappa shape index (κ2) is 7.08. The number of halogens is 1. The zero-order valence-corrected chi connectivity index (χ0v) is 18.9. The number of ether oxygens (including phenoxy) is 1. The summed E-state index contributed by atoms with van der Waals surface area (Å²) in [6, 6.07) is 10.4. The minimum absolute atomic E-state index is 0.0219. The van der Waals surface area contributed by atoms with Gasteiger partial charge in [-0.2, -0.15) is 0 Å². The highest BCUT2D eigenvalue weighted by Gasteiger charge is 2.52. The van der Waals surface area contributed by atoms with E-state index in [2.05, 4.69) is 30.1 Å². The van der Waals surface area contributed by atoms with Gasteiger partial charge in [-0.25, -0.2) is 9.38 Å². The Bertz CT molecular complexity index is 1050. The maximum absolute atomic E-state index is 12.2. The molecule has 3 aliphatic heterocycles. The van der Waals surface area contributed by atoms with Crippen LogP contribution in [0.15, 0.2) is 40.9 Å². The van der Waals surface area contributed by atoms with Crippen LogP contribution in [-0.4, -0.2) is 34.6 Å². The van der Waals surface area contributed by atoms with Crippen LogP contribution in [0.4, 0.5) is 0 Å². The van der Waals surface area contributed by atoms with Crippen molar-refractivity contribution >= 4 is 35.2 Å². The smallest absolute Gasteiger partial charge is 0.225 e. The molecule has 1 amide bonds. The fourth-order valence-electron chi connectivity index (χ4n) is 4.52. The first-order chi connectivity index (χ1) is 14.3. The Morgan fingerprint density at radius 3 is 2.77 bits per heavy atom. The highest BCUT2D eigenvalue weighted by Crippen LogP contribution is 2.48. The molecule has 1 spiro atoms. The maximum Gasteiger partial charge on any atom is 0.225 e. The summed E-state index contributed by atoms with van der Waals surface area (Å²) < 4.78 is 10.8. The van der Waals surface area contributed by atoms with Crippen LogP contribution in [0.5, 0.6) is 0 Å². The number of benzene rings is 1. The summed E-state index contributed by atoms with van der Waals surface area (Å²) in [5, 5.41) is 0.503. The van der Waals surface area contributed by atoms with E-state index in [1.165, 1.54) is 11.1 Å². The summed E-state index contributed by atoms with van der Waals surface area (Å²) in [7, 11) is 0. The first-order valence-corrected chi connectivity index (χ1v) is 11.4. The fraction of sp³-hybridized carbons (Fsp3) is 0.435. The Labute approximate surface area is 186 Å². The number of aromatic nitrogens is 1. The number of hydrogen-bond donors (Lipinski definition) is 0. The molecular weight excluding hydrogens is 418 g/mol. The average Bonchev–Trinajstić information content (AvgIpc) is 3.28. The molecular formula is C23H24ClN3O2S. The SMILES string of the molecule is CC(C)C(=O)N1CC2(C1)OCc1cc(C3=NSC(C)(c4ccc(Cl)nc4)C3)ccc12. The van der Waals surface area contributed by atoms with E-state index >= 15 is 0 Å². The zero-order valence-electron chi connectivity index (χ0n) is 17.3. The van der Waals surface area contributed by atoms with Crippen molar-refractivity contribution in [2.75, 3.05) is 13.1 Å². The molecule has 1 atom stereocenters. The van der Waals surface area contributed by atoms with Crippen molar-refractivity contribution in [1.82, 2.24) is 9.88 Å². The summed E-state index contributed by atoms with van der Waals surface area (Å²) in [5.74, 6) is 0.219. The fourth-order valence-corrected chi connectivity index (χ4v) is 5.54. The van der Waals surface area contributed by atoms with E-state index in [1.54, 1.807) is 11.9 Å². The van der Waals surface area contributed by atoms with E-state index in [-0.39, 0.29) is 22.2 Å². The molecule has 156 valence electrons. The lowest BCUT2D eigenvalue weighted by atomic mass is 9.83. The number of nitrogens with zero attached hydrogens (tertiary/aromatic N) is 3. The summed E-state index contributed by atoms with van der Waals surface area (Å²) in [6.07, 6.45) is 2.68. The molecule has 1 aromatic carbocycles. The molecule has 1 unspecified atom stereocenters. The first-order valence-electron chi connectivity index (χ1n) is 10.2. The monoisotopic (exact) mass is 441 g/mol. The van der Waals surface area contributed by atoms with Gasteiger partial charge in [0.05, 0.1) is 30.2 Å². The van der Waals surface area contributed by atoms with Gasteiger partial charge in [0.15, 0.2) is 0 Å². The molecule has 0 aliphatic carbocycles. The van der Waals surface area contributed by atoms with Crippen LogP contribution >= 0.6 is 23.5 Å². The lowest BCUT2D eigenvalue weighted by Crippen LogP contribution is -2.61. The van der Waals surface area contributed by atoms with Crippen LogP contribution in [-0.2, 0) is 26.5 Å². The summed E-state index contributed by atoms with van der Waals surface area (Å²) >= 11 is 7.53. The molecule has 0 radical (unpaired) electrons. The third-order valence-electron chi connectivity index (χ3n) is 6.33. The van der Waals surface area contributed by atoms with Crippen molar-refractivity contribution < 1.29 is 9.53 Å². The van der Waals surface area contributed by atoms with Crippen LogP contribution < -0.4 is 0 Å². The van der Waals surface area contributed by atoms with E-state index in [0.717, 1.165) is 23.3 Å². The second-order valence-corrected chi connectivity index (χ2v) is 10.6. The minimum atomic E-state index is -0.325. The Hall–Kier alpha value is -1.89. The molecule has 3 aliphatic rings. The van der Waals surface area contributed by atoms with Gasteiger partial charge < -0.3 is 9.64 Å². The number of amides is 1. The van der Waals surface area contributed by atoms with Crippen molar-refractivity contribution in [2.45, 2.75) is 44.1 Å². The summed E-state index contributed by atoms with van der Waals surface area (Å²) in [4.78, 5) is 18.4.